The molecule has 4 amide bonds. The number of amides is 4. The van der Waals surface area contributed by atoms with Gasteiger partial charge in [-0.1, -0.05) is 12.8 Å². The van der Waals surface area contributed by atoms with Gasteiger partial charge in [-0.05, 0) is 32.1 Å². The van der Waals surface area contributed by atoms with Gasteiger partial charge in [0.25, 0.3) is 5.91 Å². The highest BCUT2D eigenvalue weighted by Crippen LogP contribution is 2.35. The summed E-state index contributed by atoms with van der Waals surface area (Å²) in [7, 11) is 0. The Bertz CT molecular complexity index is 451. The van der Waals surface area contributed by atoms with Crippen molar-refractivity contribution in [3.8, 4) is 0 Å². The number of hydrogen-bond donors (Lipinski definition) is 1. The fraction of sp³-hybridized carbons (Fsp3) is 0.800. The highest BCUT2D eigenvalue weighted by molar-refractivity contribution is 6.07. The summed E-state index contributed by atoms with van der Waals surface area (Å²) in [5.41, 5.74) is -0.629. The van der Waals surface area contributed by atoms with E-state index in [2.05, 4.69) is 5.32 Å². The molecule has 0 aromatic heterocycles. The first kappa shape index (κ1) is 14.4. The van der Waals surface area contributed by atoms with Crippen LogP contribution in [0.2, 0.25) is 0 Å². The number of carbonyl (C=O) groups excluding carboxylic acids is 3. The zero-order valence-corrected chi connectivity index (χ0v) is 12.4. The van der Waals surface area contributed by atoms with Crippen LogP contribution in [-0.2, 0) is 9.59 Å². The summed E-state index contributed by atoms with van der Waals surface area (Å²) < 4.78 is 0. The fourth-order valence-corrected chi connectivity index (χ4v) is 3.71. The maximum atomic E-state index is 12.4. The van der Waals surface area contributed by atoms with Gasteiger partial charge in [-0.15, -0.1) is 0 Å². The maximum absolute atomic E-state index is 12.4. The summed E-state index contributed by atoms with van der Waals surface area (Å²) in [5, 5.41) is 2.86. The number of hydrogen-bond acceptors (Lipinski definition) is 3. The molecule has 0 atom stereocenters. The SMILES string of the molecule is O=C(CCCN1C(=O)NC2(CCCC2)C1=O)N1CCCC1. The molecule has 3 aliphatic rings. The van der Waals surface area contributed by atoms with Crippen LogP contribution in [0.5, 0.6) is 0 Å². The summed E-state index contributed by atoms with van der Waals surface area (Å²) in [6.45, 7) is 2.06. The molecule has 2 saturated heterocycles. The van der Waals surface area contributed by atoms with E-state index in [0.29, 0.717) is 19.4 Å². The molecule has 3 fully saturated rings. The van der Waals surface area contributed by atoms with E-state index < -0.39 is 5.54 Å². The van der Waals surface area contributed by atoms with Gasteiger partial charge in [0.05, 0.1) is 0 Å². The van der Waals surface area contributed by atoms with Gasteiger partial charge in [0, 0.05) is 26.1 Å². The smallest absolute Gasteiger partial charge is 0.325 e. The molecule has 3 rings (SSSR count). The highest BCUT2D eigenvalue weighted by Gasteiger charge is 2.52. The van der Waals surface area contributed by atoms with Crippen molar-refractivity contribution in [1.82, 2.24) is 15.1 Å². The average molecular weight is 293 g/mol. The molecular weight excluding hydrogens is 270 g/mol. The van der Waals surface area contributed by atoms with Crippen LogP contribution >= 0.6 is 0 Å². The lowest BCUT2D eigenvalue weighted by molar-refractivity contribution is -0.133. The number of nitrogens with one attached hydrogen (secondary N) is 1. The van der Waals surface area contributed by atoms with Gasteiger partial charge < -0.3 is 10.2 Å². The Hall–Kier alpha value is -1.59. The molecule has 0 bridgehead atoms. The Balaban J connectivity index is 1.50. The van der Waals surface area contributed by atoms with E-state index in [1.165, 1.54) is 4.90 Å². The second kappa shape index (κ2) is 5.66. The number of carbonyl (C=O) groups is 3. The molecule has 0 radical (unpaired) electrons. The average Bonchev–Trinajstić information content (AvgIpc) is 3.17. The summed E-state index contributed by atoms with van der Waals surface area (Å²) in [6.07, 6.45) is 6.64. The number of likely N-dealkylation sites (tertiary alicyclic amines) is 1. The number of imide groups is 1. The Morgan fingerprint density at radius 3 is 2.43 bits per heavy atom. The lowest BCUT2D eigenvalue weighted by Gasteiger charge is -2.20. The molecular formula is C15H23N3O3. The largest absolute Gasteiger partial charge is 0.343 e. The molecule has 2 aliphatic heterocycles. The minimum Gasteiger partial charge on any atom is -0.343 e. The van der Waals surface area contributed by atoms with E-state index in [-0.39, 0.29) is 17.8 Å². The van der Waals surface area contributed by atoms with Crippen LogP contribution in [0, 0.1) is 0 Å². The third-order valence-corrected chi connectivity index (χ3v) is 4.93. The molecule has 116 valence electrons. The molecule has 2 heterocycles. The molecule has 1 aliphatic carbocycles. The van der Waals surface area contributed by atoms with Gasteiger partial charge in [0.1, 0.15) is 5.54 Å². The van der Waals surface area contributed by atoms with Crippen molar-refractivity contribution < 1.29 is 14.4 Å². The predicted molar refractivity (Wildman–Crippen MR) is 76.5 cm³/mol. The maximum Gasteiger partial charge on any atom is 0.325 e. The van der Waals surface area contributed by atoms with Gasteiger partial charge in [-0.25, -0.2) is 4.79 Å². The number of nitrogens with zero attached hydrogens (tertiary/aromatic N) is 2. The van der Waals surface area contributed by atoms with Crippen LogP contribution in [0.25, 0.3) is 0 Å². The highest BCUT2D eigenvalue weighted by atomic mass is 16.2. The second-order valence-electron chi connectivity index (χ2n) is 6.37. The summed E-state index contributed by atoms with van der Waals surface area (Å²) in [6, 6.07) is -0.282. The van der Waals surface area contributed by atoms with Crippen LogP contribution < -0.4 is 5.32 Å². The van der Waals surface area contributed by atoms with Crippen LogP contribution in [0.1, 0.15) is 51.4 Å². The first-order chi connectivity index (χ1) is 10.1. The third kappa shape index (κ3) is 2.63. The van der Waals surface area contributed by atoms with Crippen LogP contribution in [0.3, 0.4) is 0 Å². The van der Waals surface area contributed by atoms with Crippen molar-refractivity contribution in [2.24, 2.45) is 0 Å². The molecule has 1 spiro atoms. The predicted octanol–water partition coefficient (Wildman–Crippen LogP) is 1.25. The van der Waals surface area contributed by atoms with E-state index >= 15 is 0 Å². The van der Waals surface area contributed by atoms with Gasteiger partial charge in [-0.3, -0.25) is 14.5 Å². The molecule has 1 N–H and O–H groups in total. The topological polar surface area (TPSA) is 69.7 Å². The van der Waals surface area contributed by atoms with E-state index in [4.69, 9.17) is 0 Å². The van der Waals surface area contributed by atoms with Gasteiger partial charge in [-0.2, -0.15) is 0 Å². The van der Waals surface area contributed by atoms with Crippen LogP contribution in [0.15, 0.2) is 0 Å². The van der Waals surface area contributed by atoms with Crippen LogP contribution in [-0.4, -0.2) is 52.8 Å². The Kier molecular flexibility index (Phi) is 3.87. The molecule has 1 saturated carbocycles. The van der Waals surface area contributed by atoms with Crippen molar-refractivity contribution in [3.63, 3.8) is 0 Å². The molecule has 0 unspecified atom stereocenters. The minimum atomic E-state index is -0.629. The minimum absolute atomic E-state index is 0.0846. The van der Waals surface area contributed by atoms with Gasteiger partial charge in [0.2, 0.25) is 5.91 Å². The van der Waals surface area contributed by atoms with Crippen molar-refractivity contribution in [3.05, 3.63) is 0 Å². The van der Waals surface area contributed by atoms with Crippen molar-refractivity contribution in [1.29, 1.82) is 0 Å². The number of rotatable bonds is 4. The lowest BCUT2D eigenvalue weighted by atomic mass is 9.98. The fourth-order valence-electron chi connectivity index (χ4n) is 3.71. The summed E-state index contributed by atoms with van der Waals surface area (Å²) >= 11 is 0. The Morgan fingerprint density at radius 1 is 1.10 bits per heavy atom. The quantitative estimate of drug-likeness (QED) is 0.793. The standard InChI is InChI=1S/C15H23N3O3/c19-12(17-9-3-4-10-17)6-5-11-18-13(20)15(16-14(18)21)7-1-2-8-15/h1-11H2,(H,16,21). The van der Waals surface area contributed by atoms with E-state index in [9.17, 15) is 14.4 Å². The normalized spacial score (nSPS) is 24.2. The molecule has 6 nitrogen and oxygen atoms in total. The van der Waals surface area contributed by atoms with Crippen LogP contribution in [0.4, 0.5) is 4.79 Å². The lowest BCUT2D eigenvalue weighted by Crippen LogP contribution is -2.44. The third-order valence-electron chi connectivity index (χ3n) is 4.93. The van der Waals surface area contributed by atoms with Gasteiger partial charge in [0.15, 0.2) is 0 Å². The van der Waals surface area contributed by atoms with E-state index in [1.54, 1.807) is 0 Å². The Morgan fingerprint density at radius 2 is 1.76 bits per heavy atom. The first-order valence-electron chi connectivity index (χ1n) is 8.04. The second-order valence-corrected chi connectivity index (χ2v) is 6.37. The first-order valence-corrected chi connectivity index (χ1v) is 8.04. The Labute approximate surface area is 124 Å². The van der Waals surface area contributed by atoms with E-state index in [0.717, 1.165) is 51.6 Å². The molecule has 21 heavy (non-hydrogen) atoms. The van der Waals surface area contributed by atoms with Crippen molar-refractivity contribution >= 4 is 17.8 Å². The number of urea groups is 1. The van der Waals surface area contributed by atoms with Crippen molar-refractivity contribution in [2.75, 3.05) is 19.6 Å². The van der Waals surface area contributed by atoms with Gasteiger partial charge >= 0.3 is 6.03 Å². The zero-order chi connectivity index (χ0) is 14.9. The summed E-state index contributed by atoms with van der Waals surface area (Å²) in [4.78, 5) is 39.5. The monoisotopic (exact) mass is 293 g/mol. The zero-order valence-electron chi connectivity index (χ0n) is 12.4. The summed E-state index contributed by atoms with van der Waals surface area (Å²) in [5.74, 6) is 0.0637. The van der Waals surface area contributed by atoms with E-state index in [1.807, 2.05) is 4.90 Å². The molecule has 6 heteroatoms. The molecule has 0 aromatic rings. The van der Waals surface area contributed by atoms with Crippen molar-refractivity contribution in [2.45, 2.75) is 56.9 Å². The molecule has 0 aromatic carbocycles.